The van der Waals surface area contributed by atoms with Crippen molar-refractivity contribution in [3.63, 3.8) is 0 Å². The fraction of sp³-hybridized carbons (Fsp3) is 0.464. The number of dihydropyridines is 1. The number of allylic oxidation sites excluding steroid dienone is 8. The number of aliphatic imine (C=N–C) groups is 1. The highest BCUT2D eigenvalue weighted by Crippen LogP contribution is 2.46. The lowest BCUT2D eigenvalue weighted by Crippen LogP contribution is -2.19. The van der Waals surface area contributed by atoms with Crippen LogP contribution in [0.5, 0.6) is 0 Å². The monoisotopic (exact) mass is 399 g/mol. The summed E-state index contributed by atoms with van der Waals surface area (Å²) in [7, 11) is 0. The van der Waals surface area contributed by atoms with Crippen LogP contribution >= 0.6 is 0 Å². The zero-order valence-electron chi connectivity index (χ0n) is 18.5. The van der Waals surface area contributed by atoms with Gasteiger partial charge in [-0.15, -0.1) is 0 Å². The molecule has 5 aliphatic rings. The van der Waals surface area contributed by atoms with E-state index in [9.17, 15) is 0 Å². The maximum absolute atomic E-state index is 6.56. The third kappa shape index (κ3) is 3.85. The van der Waals surface area contributed by atoms with Crippen molar-refractivity contribution < 1.29 is 4.74 Å². The molecule has 2 heteroatoms. The second-order valence-corrected chi connectivity index (χ2v) is 10.4. The smallest absolute Gasteiger partial charge is 0.127 e. The lowest BCUT2D eigenvalue weighted by atomic mass is 9.79. The number of rotatable bonds is 3. The third-order valence-electron chi connectivity index (χ3n) is 6.70. The van der Waals surface area contributed by atoms with Crippen molar-refractivity contribution in [2.45, 2.75) is 71.4 Å². The van der Waals surface area contributed by atoms with Crippen molar-refractivity contribution in [1.29, 1.82) is 0 Å². The predicted molar refractivity (Wildman–Crippen MR) is 125 cm³/mol. The van der Waals surface area contributed by atoms with Gasteiger partial charge in [-0.1, -0.05) is 62.8 Å². The van der Waals surface area contributed by atoms with Gasteiger partial charge >= 0.3 is 0 Å². The van der Waals surface area contributed by atoms with Crippen LogP contribution in [0, 0.1) is 11.3 Å². The molecular weight excluding hydrogens is 366 g/mol. The summed E-state index contributed by atoms with van der Waals surface area (Å²) >= 11 is 0. The quantitative estimate of drug-likeness (QED) is 0.503. The number of hydrogen-bond donors (Lipinski definition) is 0. The second-order valence-electron chi connectivity index (χ2n) is 10.4. The van der Waals surface area contributed by atoms with Gasteiger partial charge in [0, 0.05) is 17.7 Å². The number of ether oxygens (including phenoxy) is 1. The van der Waals surface area contributed by atoms with Gasteiger partial charge < -0.3 is 4.74 Å². The Morgan fingerprint density at radius 2 is 2.03 bits per heavy atom. The minimum absolute atomic E-state index is 0.150. The summed E-state index contributed by atoms with van der Waals surface area (Å²) in [6.45, 7) is 6.94. The molecule has 2 heterocycles. The van der Waals surface area contributed by atoms with Gasteiger partial charge in [0.2, 0.25) is 0 Å². The molecule has 0 saturated carbocycles. The third-order valence-corrected chi connectivity index (χ3v) is 6.70. The van der Waals surface area contributed by atoms with E-state index in [4.69, 9.17) is 9.73 Å². The van der Waals surface area contributed by atoms with E-state index in [1.165, 1.54) is 27.9 Å². The molecule has 2 nitrogen and oxygen atoms in total. The highest BCUT2D eigenvalue weighted by Gasteiger charge is 2.40. The summed E-state index contributed by atoms with van der Waals surface area (Å²) in [6.07, 6.45) is 27.2. The Balaban J connectivity index is 1.39. The van der Waals surface area contributed by atoms with Crippen LogP contribution in [0.15, 0.2) is 87.2 Å². The minimum Gasteiger partial charge on any atom is -0.485 e. The molecule has 0 bridgehead atoms. The van der Waals surface area contributed by atoms with E-state index in [0.29, 0.717) is 11.3 Å². The average Bonchev–Trinajstić information content (AvgIpc) is 3.11. The molecule has 0 amide bonds. The Labute approximate surface area is 181 Å². The summed E-state index contributed by atoms with van der Waals surface area (Å²) in [5, 5.41) is 0. The molecule has 5 rings (SSSR count). The molecule has 3 unspecified atom stereocenters. The van der Waals surface area contributed by atoms with Crippen LogP contribution in [-0.2, 0) is 4.74 Å². The zero-order valence-corrected chi connectivity index (χ0v) is 18.5. The fourth-order valence-electron chi connectivity index (χ4n) is 5.41. The molecular formula is C28H33NO. The standard InChI is InChI=1S/C28H33NO/c1-28(2,3)18-19-14-15-29-25(16-19)23-11-7-10-22-24-17-21(20-8-5-4-6-9-20)12-13-26(24)30-27(22)23/h4-5,8,11-15,17,24-26H,6-7,9-10,16,18H2,1-3H3. The molecule has 0 spiro atoms. The first kappa shape index (κ1) is 19.6. The van der Waals surface area contributed by atoms with Crippen molar-refractivity contribution >= 4 is 6.21 Å². The van der Waals surface area contributed by atoms with Crippen molar-refractivity contribution in [3.8, 4) is 0 Å². The minimum atomic E-state index is 0.150. The van der Waals surface area contributed by atoms with Crippen LogP contribution in [0.2, 0.25) is 0 Å². The van der Waals surface area contributed by atoms with E-state index >= 15 is 0 Å². The summed E-state index contributed by atoms with van der Waals surface area (Å²) in [5.74, 6) is 1.53. The largest absolute Gasteiger partial charge is 0.485 e. The first-order chi connectivity index (χ1) is 14.5. The SMILES string of the molecule is CC(C)(C)CC1=CC=NC(C2=CCCC3=C2OC2C=CC(C4=CC=CCC4)=CC32)C1. The van der Waals surface area contributed by atoms with Gasteiger partial charge in [0.1, 0.15) is 11.9 Å². The summed E-state index contributed by atoms with van der Waals surface area (Å²) in [5.41, 5.74) is 7.48. The van der Waals surface area contributed by atoms with Gasteiger partial charge in [-0.25, -0.2) is 0 Å². The Hall–Kier alpha value is -2.35. The van der Waals surface area contributed by atoms with Gasteiger partial charge in [-0.3, -0.25) is 4.99 Å². The van der Waals surface area contributed by atoms with Crippen molar-refractivity contribution in [3.05, 3.63) is 82.2 Å². The topological polar surface area (TPSA) is 21.6 Å². The van der Waals surface area contributed by atoms with Gasteiger partial charge in [0.25, 0.3) is 0 Å². The fourth-order valence-corrected chi connectivity index (χ4v) is 5.41. The van der Waals surface area contributed by atoms with Crippen LogP contribution in [0.3, 0.4) is 0 Å². The molecule has 156 valence electrons. The highest BCUT2D eigenvalue weighted by molar-refractivity contribution is 5.74. The van der Waals surface area contributed by atoms with Crippen LogP contribution < -0.4 is 0 Å². The van der Waals surface area contributed by atoms with Gasteiger partial charge in [0.05, 0.1) is 6.04 Å². The van der Waals surface area contributed by atoms with Crippen LogP contribution in [0.4, 0.5) is 0 Å². The molecule has 0 aromatic carbocycles. The van der Waals surface area contributed by atoms with Gasteiger partial charge in [-0.2, -0.15) is 0 Å². The molecule has 2 aliphatic heterocycles. The van der Waals surface area contributed by atoms with Gasteiger partial charge in [0.15, 0.2) is 0 Å². The second kappa shape index (κ2) is 7.72. The van der Waals surface area contributed by atoms with E-state index in [1.807, 2.05) is 6.21 Å². The highest BCUT2D eigenvalue weighted by atomic mass is 16.5. The molecule has 0 aromatic heterocycles. The molecule has 0 saturated heterocycles. The maximum atomic E-state index is 6.56. The predicted octanol–water partition coefficient (Wildman–Crippen LogP) is 6.95. The molecule has 0 fully saturated rings. The number of fused-ring (bicyclic) bond motifs is 2. The van der Waals surface area contributed by atoms with Gasteiger partial charge in [-0.05, 0) is 72.8 Å². The zero-order chi connectivity index (χ0) is 20.7. The number of hydrogen-bond acceptors (Lipinski definition) is 2. The van der Waals surface area contributed by atoms with Crippen LogP contribution in [0.1, 0.15) is 59.3 Å². The van der Waals surface area contributed by atoms with E-state index < -0.39 is 0 Å². The van der Waals surface area contributed by atoms with Crippen LogP contribution in [-0.4, -0.2) is 18.4 Å². The van der Waals surface area contributed by atoms with Crippen molar-refractivity contribution in [2.24, 2.45) is 16.3 Å². The van der Waals surface area contributed by atoms with E-state index in [1.54, 1.807) is 0 Å². The molecule has 3 atom stereocenters. The van der Waals surface area contributed by atoms with Crippen LogP contribution in [0.25, 0.3) is 0 Å². The van der Waals surface area contributed by atoms with Crippen molar-refractivity contribution in [1.82, 2.24) is 0 Å². The maximum Gasteiger partial charge on any atom is 0.127 e. The Bertz CT molecular complexity index is 971. The lowest BCUT2D eigenvalue weighted by Gasteiger charge is -2.27. The Morgan fingerprint density at radius 1 is 1.13 bits per heavy atom. The Kier molecular flexibility index (Phi) is 5.05. The average molecular weight is 400 g/mol. The molecule has 0 N–H and O–H groups in total. The summed E-state index contributed by atoms with van der Waals surface area (Å²) < 4.78 is 6.56. The summed E-state index contributed by atoms with van der Waals surface area (Å²) in [6, 6.07) is 0.205. The van der Waals surface area contributed by atoms with E-state index in [2.05, 4.69) is 69.4 Å². The van der Waals surface area contributed by atoms with E-state index in [0.717, 1.165) is 44.3 Å². The molecule has 0 aromatic rings. The first-order valence-corrected chi connectivity index (χ1v) is 11.6. The van der Waals surface area contributed by atoms with E-state index in [-0.39, 0.29) is 12.1 Å². The first-order valence-electron chi connectivity index (χ1n) is 11.6. The Morgan fingerprint density at radius 3 is 2.83 bits per heavy atom. The molecule has 30 heavy (non-hydrogen) atoms. The molecule has 0 radical (unpaired) electrons. The lowest BCUT2D eigenvalue weighted by molar-refractivity contribution is 0.168. The molecule has 3 aliphatic carbocycles. The number of nitrogens with zero attached hydrogens (tertiary/aromatic N) is 1. The normalized spacial score (nSPS) is 30.2. The summed E-state index contributed by atoms with van der Waals surface area (Å²) in [4.78, 5) is 4.87. The van der Waals surface area contributed by atoms with Crippen molar-refractivity contribution in [2.75, 3.05) is 0 Å².